The molecule has 0 unspecified atom stereocenters. The maximum absolute atomic E-state index is 13.6. The molecule has 1 aliphatic carbocycles. The number of rotatable bonds is 5. The highest BCUT2D eigenvalue weighted by Crippen LogP contribution is 2.48. The third kappa shape index (κ3) is 3.40. The Morgan fingerprint density at radius 3 is 2.95 bits per heavy atom. The lowest BCUT2D eigenvalue weighted by Gasteiger charge is -2.10. The monoisotopic (exact) mass is 295 g/mol. The standard InChI is InChI=1S/C16H19F2NO2/c17-10-3-4-12(15(18)8-10)13-9-14(13)16(20)19-6-5-11-2-1-7-21-11/h3-4,8,11,13-14H,1-2,5-7,9H2,(H,19,20)/t11-,13-,14+/m0/s1. The second-order valence-electron chi connectivity index (χ2n) is 5.83. The Morgan fingerprint density at radius 2 is 2.24 bits per heavy atom. The number of amides is 1. The predicted molar refractivity (Wildman–Crippen MR) is 73.8 cm³/mol. The van der Waals surface area contributed by atoms with Crippen LogP contribution in [-0.2, 0) is 9.53 Å². The van der Waals surface area contributed by atoms with Crippen molar-refractivity contribution in [2.75, 3.05) is 13.2 Å². The molecule has 2 fully saturated rings. The first-order chi connectivity index (χ1) is 10.1. The first kappa shape index (κ1) is 14.4. The highest BCUT2D eigenvalue weighted by Gasteiger charge is 2.45. The molecule has 0 radical (unpaired) electrons. The van der Waals surface area contributed by atoms with Crippen molar-refractivity contribution in [2.24, 2.45) is 5.92 Å². The van der Waals surface area contributed by atoms with Gasteiger partial charge in [0.05, 0.1) is 6.10 Å². The van der Waals surface area contributed by atoms with Gasteiger partial charge in [-0.05, 0) is 43.2 Å². The van der Waals surface area contributed by atoms with Crippen LogP contribution in [0, 0.1) is 17.6 Å². The van der Waals surface area contributed by atoms with E-state index in [2.05, 4.69) is 5.32 Å². The molecule has 0 spiro atoms. The minimum absolute atomic E-state index is 0.0401. The van der Waals surface area contributed by atoms with Crippen molar-refractivity contribution >= 4 is 5.91 Å². The lowest BCUT2D eigenvalue weighted by atomic mass is 10.1. The minimum atomic E-state index is -0.588. The molecule has 3 atom stereocenters. The van der Waals surface area contributed by atoms with Gasteiger partial charge in [0.1, 0.15) is 11.6 Å². The number of hydrogen-bond acceptors (Lipinski definition) is 2. The van der Waals surface area contributed by atoms with E-state index in [0.29, 0.717) is 18.5 Å². The number of nitrogens with one attached hydrogen (secondary N) is 1. The number of ether oxygens (including phenoxy) is 1. The van der Waals surface area contributed by atoms with E-state index in [9.17, 15) is 13.6 Å². The predicted octanol–water partition coefficient (Wildman–Crippen LogP) is 2.75. The van der Waals surface area contributed by atoms with Gasteiger partial charge in [-0.3, -0.25) is 4.79 Å². The van der Waals surface area contributed by atoms with E-state index in [1.54, 1.807) is 0 Å². The Balaban J connectivity index is 1.46. The van der Waals surface area contributed by atoms with Crippen molar-refractivity contribution in [1.29, 1.82) is 0 Å². The topological polar surface area (TPSA) is 38.3 Å². The smallest absolute Gasteiger partial charge is 0.223 e. The van der Waals surface area contributed by atoms with Gasteiger partial charge >= 0.3 is 0 Å². The van der Waals surface area contributed by atoms with E-state index < -0.39 is 11.6 Å². The molecule has 2 aliphatic rings. The van der Waals surface area contributed by atoms with Crippen LogP contribution < -0.4 is 5.32 Å². The van der Waals surface area contributed by atoms with Crippen LogP contribution in [0.2, 0.25) is 0 Å². The largest absolute Gasteiger partial charge is 0.378 e. The maximum atomic E-state index is 13.6. The van der Waals surface area contributed by atoms with E-state index in [4.69, 9.17) is 4.74 Å². The number of carbonyl (C=O) groups is 1. The van der Waals surface area contributed by atoms with E-state index in [1.807, 2.05) is 0 Å². The molecule has 1 N–H and O–H groups in total. The van der Waals surface area contributed by atoms with Crippen molar-refractivity contribution in [3.8, 4) is 0 Å². The summed E-state index contributed by atoms with van der Waals surface area (Å²) in [6, 6.07) is 3.55. The first-order valence-electron chi connectivity index (χ1n) is 7.49. The van der Waals surface area contributed by atoms with Gasteiger partial charge in [-0.25, -0.2) is 8.78 Å². The Bertz CT molecular complexity index is 529. The van der Waals surface area contributed by atoms with Crippen LogP contribution in [0.1, 0.15) is 37.2 Å². The normalized spacial score (nSPS) is 27.6. The molecule has 21 heavy (non-hydrogen) atoms. The van der Waals surface area contributed by atoms with Gasteiger partial charge in [-0.15, -0.1) is 0 Å². The summed E-state index contributed by atoms with van der Waals surface area (Å²) in [6.45, 7) is 1.41. The lowest BCUT2D eigenvalue weighted by molar-refractivity contribution is -0.122. The van der Waals surface area contributed by atoms with E-state index in [0.717, 1.165) is 31.9 Å². The third-order valence-electron chi connectivity index (χ3n) is 4.28. The molecule has 1 aliphatic heterocycles. The Kier molecular flexibility index (Phi) is 4.19. The highest BCUT2D eigenvalue weighted by atomic mass is 19.1. The lowest BCUT2D eigenvalue weighted by Crippen LogP contribution is -2.28. The zero-order valence-electron chi connectivity index (χ0n) is 11.8. The molecule has 0 aromatic heterocycles. The molecular weight excluding hydrogens is 276 g/mol. The fraction of sp³-hybridized carbons (Fsp3) is 0.562. The molecule has 114 valence electrons. The van der Waals surface area contributed by atoms with Gasteiger partial charge in [0, 0.05) is 25.1 Å². The molecule has 1 aromatic rings. The Hall–Kier alpha value is -1.49. The van der Waals surface area contributed by atoms with Gasteiger partial charge in [0.2, 0.25) is 5.91 Å². The van der Waals surface area contributed by atoms with Crippen LogP contribution in [0.4, 0.5) is 8.78 Å². The number of benzene rings is 1. The van der Waals surface area contributed by atoms with Gasteiger partial charge in [0.15, 0.2) is 0 Å². The van der Waals surface area contributed by atoms with Gasteiger partial charge in [0.25, 0.3) is 0 Å². The van der Waals surface area contributed by atoms with Crippen molar-refractivity contribution in [1.82, 2.24) is 5.32 Å². The molecular formula is C16H19F2NO2. The SMILES string of the molecule is O=C(NCC[C@@H]1CCCO1)[C@@H]1C[C@H]1c1ccc(F)cc1F. The number of halogens is 2. The summed E-state index contributed by atoms with van der Waals surface area (Å²) in [5, 5.41) is 2.89. The molecule has 0 bridgehead atoms. The van der Waals surface area contributed by atoms with Gasteiger partial charge in [-0.1, -0.05) is 6.07 Å². The number of hydrogen-bond donors (Lipinski definition) is 1. The zero-order chi connectivity index (χ0) is 14.8. The summed E-state index contributed by atoms with van der Waals surface area (Å²) in [5.74, 6) is -1.49. The van der Waals surface area contributed by atoms with Crippen LogP contribution in [0.25, 0.3) is 0 Å². The van der Waals surface area contributed by atoms with Crippen LogP contribution >= 0.6 is 0 Å². The minimum Gasteiger partial charge on any atom is -0.378 e. The third-order valence-corrected chi connectivity index (χ3v) is 4.28. The summed E-state index contributed by atoms with van der Waals surface area (Å²) < 4.78 is 32.0. The van der Waals surface area contributed by atoms with Crippen molar-refractivity contribution < 1.29 is 18.3 Å². The first-order valence-corrected chi connectivity index (χ1v) is 7.49. The quantitative estimate of drug-likeness (QED) is 0.907. The maximum Gasteiger partial charge on any atom is 0.223 e. The van der Waals surface area contributed by atoms with E-state index in [1.165, 1.54) is 12.1 Å². The molecule has 1 amide bonds. The summed E-state index contributed by atoms with van der Waals surface area (Å²) in [7, 11) is 0. The van der Waals surface area contributed by atoms with E-state index >= 15 is 0 Å². The Labute approximate surface area is 122 Å². The average molecular weight is 295 g/mol. The van der Waals surface area contributed by atoms with Crippen LogP contribution in [0.3, 0.4) is 0 Å². The molecule has 1 heterocycles. The van der Waals surface area contributed by atoms with Crippen LogP contribution in [-0.4, -0.2) is 25.2 Å². The highest BCUT2D eigenvalue weighted by molar-refractivity contribution is 5.82. The summed E-state index contributed by atoms with van der Waals surface area (Å²) in [5.41, 5.74) is 0.440. The molecule has 1 saturated carbocycles. The summed E-state index contributed by atoms with van der Waals surface area (Å²) in [4.78, 5) is 12.0. The molecule has 3 nitrogen and oxygen atoms in total. The van der Waals surface area contributed by atoms with Crippen LogP contribution in [0.15, 0.2) is 18.2 Å². The van der Waals surface area contributed by atoms with Crippen LogP contribution in [0.5, 0.6) is 0 Å². The summed E-state index contributed by atoms with van der Waals surface area (Å²) in [6.07, 6.45) is 3.87. The average Bonchev–Trinajstić information content (AvgIpc) is 3.06. The molecule has 1 aromatic carbocycles. The second-order valence-corrected chi connectivity index (χ2v) is 5.83. The van der Waals surface area contributed by atoms with Gasteiger partial charge < -0.3 is 10.1 Å². The second kappa shape index (κ2) is 6.10. The van der Waals surface area contributed by atoms with Crippen molar-refractivity contribution in [2.45, 2.75) is 37.7 Å². The van der Waals surface area contributed by atoms with Gasteiger partial charge in [-0.2, -0.15) is 0 Å². The van der Waals surface area contributed by atoms with E-state index in [-0.39, 0.29) is 23.8 Å². The fourth-order valence-corrected chi connectivity index (χ4v) is 2.99. The molecule has 1 saturated heterocycles. The molecule has 3 rings (SSSR count). The fourth-order valence-electron chi connectivity index (χ4n) is 2.99. The zero-order valence-corrected chi connectivity index (χ0v) is 11.8. The molecule has 5 heteroatoms. The van der Waals surface area contributed by atoms with Crippen molar-refractivity contribution in [3.05, 3.63) is 35.4 Å². The van der Waals surface area contributed by atoms with Crippen molar-refractivity contribution in [3.63, 3.8) is 0 Å². The number of carbonyl (C=O) groups excluding carboxylic acids is 1. The Morgan fingerprint density at radius 1 is 1.38 bits per heavy atom. The summed E-state index contributed by atoms with van der Waals surface area (Å²) >= 11 is 0.